The number of benzene rings is 2. The minimum absolute atomic E-state index is 0.0682. The Kier molecular flexibility index (Phi) is 7.79. The molecule has 0 spiro atoms. The molecule has 2 N–H and O–H groups in total. The van der Waals surface area contributed by atoms with Crippen LogP contribution < -0.4 is 10.2 Å². The Morgan fingerprint density at radius 2 is 1.72 bits per heavy atom. The predicted octanol–water partition coefficient (Wildman–Crippen LogP) is 1.19. The fourth-order valence-corrected chi connectivity index (χ4v) is 2.62. The zero-order valence-electron chi connectivity index (χ0n) is 15.6. The zero-order valence-corrected chi connectivity index (χ0v) is 15.6. The van der Waals surface area contributed by atoms with E-state index in [1.807, 2.05) is 0 Å². The van der Waals surface area contributed by atoms with Crippen LogP contribution in [0.1, 0.15) is 5.56 Å². The van der Waals surface area contributed by atoms with E-state index < -0.39 is 55.0 Å². The molecule has 0 heterocycles. The molecule has 0 aromatic heterocycles. The van der Waals surface area contributed by atoms with Crippen LogP contribution in [0, 0.1) is 11.6 Å². The van der Waals surface area contributed by atoms with Crippen molar-refractivity contribution in [1.82, 2.24) is 5.32 Å². The lowest BCUT2D eigenvalue weighted by Crippen LogP contribution is -2.52. The lowest BCUT2D eigenvalue weighted by atomic mass is 10.1. The third kappa shape index (κ3) is 6.35. The van der Waals surface area contributed by atoms with Crippen LogP contribution in [0.5, 0.6) is 0 Å². The van der Waals surface area contributed by atoms with E-state index in [1.54, 1.807) is 30.3 Å². The topological polar surface area (TPSA) is 95.9 Å². The average Bonchev–Trinajstić information content (AvgIpc) is 2.69. The Bertz CT molecular complexity index is 856. The summed E-state index contributed by atoms with van der Waals surface area (Å²) in [6.07, 6.45) is -0.402. The van der Waals surface area contributed by atoms with Crippen molar-refractivity contribution in [2.75, 3.05) is 25.2 Å². The van der Waals surface area contributed by atoms with Crippen molar-refractivity contribution in [2.45, 2.75) is 12.5 Å². The lowest BCUT2D eigenvalue weighted by Gasteiger charge is -2.26. The van der Waals surface area contributed by atoms with E-state index in [0.717, 1.165) is 17.0 Å². The molecule has 0 radical (unpaired) electrons. The first-order chi connectivity index (χ1) is 13.8. The van der Waals surface area contributed by atoms with Crippen LogP contribution >= 0.6 is 0 Å². The first-order valence-electron chi connectivity index (χ1n) is 8.62. The molecule has 0 saturated heterocycles. The Labute approximate surface area is 165 Å². The second kappa shape index (κ2) is 10.3. The van der Waals surface area contributed by atoms with Crippen LogP contribution in [0.3, 0.4) is 0 Å². The molecule has 0 unspecified atom stereocenters. The lowest BCUT2D eigenvalue weighted by molar-refractivity contribution is -0.140. The van der Waals surface area contributed by atoms with Gasteiger partial charge in [-0.1, -0.05) is 18.2 Å². The molecule has 0 aliphatic heterocycles. The van der Waals surface area contributed by atoms with E-state index in [9.17, 15) is 28.3 Å². The number of hydrogen-bond acceptors (Lipinski definition) is 5. The number of nitrogens with zero attached hydrogens (tertiary/aromatic N) is 1. The van der Waals surface area contributed by atoms with Gasteiger partial charge >= 0.3 is 5.97 Å². The van der Waals surface area contributed by atoms with Crippen molar-refractivity contribution in [1.29, 1.82) is 0 Å². The highest BCUT2D eigenvalue weighted by Crippen LogP contribution is 2.15. The molecule has 2 rings (SSSR count). The highest BCUT2D eigenvalue weighted by Gasteiger charge is 2.28. The first-order valence-corrected chi connectivity index (χ1v) is 8.62. The molecule has 0 aliphatic rings. The van der Waals surface area contributed by atoms with Gasteiger partial charge in [0.25, 0.3) is 5.91 Å². The number of carbonyl (C=O) groups excluding carboxylic acids is 3. The number of esters is 1. The largest absolute Gasteiger partial charge is 0.468 e. The van der Waals surface area contributed by atoms with Gasteiger partial charge in [0, 0.05) is 11.8 Å². The molecule has 1 atom stereocenters. The summed E-state index contributed by atoms with van der Waals surface area (Å²) in [5.41, 5.74) is 0.432. The van der Waals surface area contributed by atoms with Crippen molar-refractivity contribution in [3.8, 4) is 0 Å². The Morgan fingerprint density at radius 3 is 2.28 bits per heavy atom. The highest BCUT2D eigenvalue weighted by atomic mass is 19.1. The van der Waals surface area contributed by atoms with Crippen molar-refractivity contribution in [3.63, 3.8) is 0 Å². The Hall–Kier alpha value is -3.33. The van der Waals surface area contributed by atoms with Gasteiger partial charge in [0.1, 0.15) is 24.2 Å². The molecule has 29 heavy (non-hydrogen) atoms. The molecule has 0 fully saturated rings. The summed E-state index contributed by atoms with van der Waals surface area (Å²) in [4.78, 5) is 37.8. The number of ether oxygens (including phenoxy) is 1. The maximum Gasteiger partial charge on any atom is 0.325 e. The van der Waals surface area contributed by atoms with Crippen LogP contribution in [0.2, 0.25) is 0 Å². The van der Waals surface area contributed by atoms with Gasteiger partial charge in [-0.3, -0.25) is 19.3 Å². The zero-order chi connectivity index (χ0) is 21.4. The highest BCUT2D eigenvalue weighted by molar-refractivity contribution is 6.02. The van der Waals surface area contributed by atoms with Gasteiger partial charge in [-0.15, -0.1) is 0 Å². The number of halogens is 2. The maximum absolute atomic E-state index is 13.3. The van der Waals surface area contributed by atoms with Crippen LogP contribution in [0.4, 0.5) is 14.5 Å². The Balaban J connectivity index is 2.15. The molecule has 0 bridgehead atoms. The molecule has 154 valence electrons. The second-order valence-electron chi connectivity index (χ2n) is 6.09. The quantitative estimate of drug-likeness (QED) is 0.642. The first kappa shape index (κ1) is 22.0. The smallest absolute Gasteiger partial charge is 0.325 e. The summed E-state index contributed by atoms with van der Waals surface area (Å²) in [5.74, 6) is -3.84. The second-order valence-corrected chi connectivity index (χ2v) is 6.09. The van der Waals surface area contributed by atoms with Crippen LogP contribution in [-0.2, 0) is 25.5 Å². The van der Waals surface area contributed by atoms with Gasteiger partial charge in [-0.2, -0.15) is 0 Å². The molecule has 2 aromatic carbocycles. The van der Waals surface area contributed by atoms with Gasteiger partial charge in [0.15, 0.2) is 0 Å². The van der Waals surface area contributed by atoms with E-state index in [-0.39, 0.29) is 5.56 Å². The van der Waals surface area contributed by atoms with Gasteiger partial charge in [0.05, 0.1) is 20.1 Å². The van der Waals surface area contributed by atoms with E-state index in [1.165, 1.54) is 7.11 Å². The summed E-state index contributed by atoms with van der Waals surface area (Å²) in [7, 11) is 1.17. The minimum Gasteiger partial charge on any atom is -0.468 e. The van der Waals surface area contributed by atoms with E-state index in [4.69, 9.17) is 0 Å². The molecule has 0 aliphatic carbocycles. The van der Waals surface area contributed by atoms with Crippen molar-refractivity contribution < 1.29 is 33.0 Å². The van der Waals surface area contributed by atoms with E-state index in [0.29, 0.717) is 11.8 Å². The van der Waals surface area contributed by atoms with Crippen molar-refractivity contribution >= 4 is 23.5 Å². The number of para-hydroxylation sites is 1. The summed E-state index contributed by atoms with van der Waals surface area (Å²) < 4.78 is 31.1. The number of rotatable bonds is 8. The van der Waals surface area contributed by atoms with Gasteiger partial charge < -0.3 is 15.2 Å². The van der Waals surface area contributed by atoms with Crippen LogP contribution in [-0.4, -0.2) is 49.2 Å². The molecular weight excluding hydrogens is 386 g/mol. The average molecular weight is 406 g/mol. The number of carbonyl (C=O) groups is 3. The van der Waals surface area contributed by atoms with Crippen LogP contribution in [0.25, 0.3) is 0 Å². The molecule has 9 heteroatoms. The minimum atomic E-state index is -1.37. The summed E-state index contributed by atoms with van der Waals surface area (Å²) in [6, 6.07) is 9.46. The number of nitrogens with one attached hydrogen (secondary N) is 1. The third-order valence-corrected chi connectivity index (χ3v) is 3.95. The monoisotopic (exact) mass is 406 g/mol. The van der Waals surface area contributed by atoms with E-state index >= 15 is 0 Å². The molecule has 2 amide bonds. The fourth-order valence-electron chi connectivity index (χ4n) is 2.62. The van der Waals surface area contributed by atoms with E-state index in [2.05, 4.69) is 10.1 Å². The van der Waals surface area contributed by atoms with Gasteiger partial charge in [-0.05, 0) is 29.8 Å². The number of amides is 2. The SMILES string of the molecule is COC(=O)CN(C(=O)[C@H](CO)NC(=O)Cc1cc(F)cc(F)c1)c1ccccc1. The van der Waals surface area contributed by atoms with Crippen molar-refractivity contribution in [3.05, 3.63) is 65.7 Å². The molecule has 7 nitrogen and oxygen atoms in total. The fraction of sp³-hybridized carbons (Fsp3) is 0.250. The number of aliphatic hydroxyl groups is 1. The maximum atomic E-state index is 13.3. The van der Waals surface area contributed by atoms with Gasteiger partial charge in [-0.25, -0.2) is 8.78 Å². The number of anilines is 1. The number of methoxy groups -OCH3 is 1. The predicted molar refractivity (Wildman–Crippen MR) is 99.9 cm³/mol. The Morgan fingerprint density at radius 1 is 1.10 bits per heavy atom. The van der Waals surface area contributed by atoms with Crippen LogP contribution in [0.15, 0.2) is 48.5 Å². The standard InChI is InChI=1S/C20H20F2N2O5/c1-29-19(27)11-24(16-5-3-2-4-6-16)20(28)17(12-25)23-18(26)9-13-7-14(21)10-15(22)8-13/h2-8,10,17,25H,9,11-12H2,1H3,(H,23,26)/t17-/m0/s1. The summed E-state index contributed by atoms with van der Waals surface area (Å²) in [6.45, 7) is -1.17. The molecule has 0 saturated carbocycles. The normalized spacial score (nSPS) is 11.4. The third-order valence-electron chi connectivity index (χ3n) is 3.95. The number of aliphatic hydroxyl groups excluding tert-OH is 1. The summed E-state index contributed by atoms with van der Waals surface area (Å²) in [5, 5.41) is 11.9. The molecule has 2 aromatic rings. The number of hydrogen-bond donors (Lipinski definition) is 2. The molecular formula is C20H20F2N2O5. The summed E-state index contributed by atoms with van der Waals surface area (Å²) >= 11 is 0. The van der Waals surface area contributed by atoms with Gasteiger partial charge in [0.2, 0.25) is 5.91 Å². The van der Waals surface area contributed by atoms with Crippen molar-refractivity contribution in [2.24, 2.45) is 0 Å².